The SMILES string of the molecule is O=C(O)c1ccnc(C2=CN(CCNCc3ccccc3C(F)(F)F)CN2)c1. The van der Waals surface area contributed by atoms with Crippen molar-refractivity contribution in [3.63, 3.8) is 0 Å². The summed E-state index contributed by atoms with van der Waals surface area (Å²) in [6.45, 7) is 1.69. The summed E-state index contributed by atoms with van der Waals surface area (Å²) in [6.07, 6.45) is -1.12. The highest BCUT2D eigenvalue weighted by Crippen LogP contribution is 2.31. The highest BCUT2D eigenvalue weighted by Gasteiger charge is 2.32. The van der Waals surface area contributed by atoms with Gasteiger partial charge in [-0.2, -0.15) is 13.2 Å². The normalized spacial score (nSPS) is 14.0. The lowest BCUT2D eigenvalue weighted by Crippen LogP contribution is -2.30. The highest BCUT2D eigenvalue weighted by atomic mass is 19.4. The maximum Gasteiger partial charge on any atom is 0.416 e. The molecule has 0 saturated carbocycles. The monoisotopic (exact) mass is 392 g/mol. The second-order valence-electron chi connectivity index (χ2n) is 6.26. The first-order chi connectivity index (χ1) is 13.3. The van der Waals surface area contributed by atoms with Crippen LogP contribution in [0.25, 0.3) is 5.70 Å². The molecule has 0 fully saturated rings. The smallest absolute Gasteiger partial charge is 0.416 e. The molecule has 148 valence electrons. The predicted molar refractivity (Wildman–Crippen MR) is 97.0 cm³/mol. The third-order valence-electron chi connectivity index (χ3n) is 4.28. The zero-order valence-electron chi connectivity index (χ0n) is 14.8. The van der Waals surface area contributed by atoms with Gasteiger partial charge in [0.2, 0.25) is 0 Å². The Morgan fingerprint density at radius 1 is 1.29 bits per heavy atom. The Labute approximate surface area is 159 Å². The van der Waals surface area contributed by atoms with Gasteiger partial charge in [-0.1, -0.05) is 18.2 Å². The van der Waals surface area contributed by atoms with Crippen molar-refractivity contribution in [2.24, 2.45) is 0 Å². The van der Waals surface area contributed by atoms with Crippen LogP contribution in [0.2, 0.25) is 0 Å². The first kappa shape index (κ1) is 19.7. The molecule has 0 amide bonds. The number of hydrogen-bond donors (Lipinski definition) is 3. The van der Waals surface area contributed by atoms with E-state index in [0.717, 1.165) is 6.07 Å². The number of benzene rings is 1. The van der Waals surface area contributed by atoms with Crippen LogP contribution in [-0.2, 0) is 12.7 Å². The van der Waals surface area contributed by atoms with E-state index in [4.69, 9.17) is 5.11 Å². The highest BCUT2D eigenvalue weighted by molar-refractivity contribution is 5.88. The summed E-state index contributed by atoms with van der Waals surface area (Å²) in [7, 11) is 0. The molecule has 2 aromatic rings. The molecule has 3 rings (SSSR count). The predicted octanol–water partition coefficient (Wildman–Crippen LogP) is 2.75. The number of rotatable bonds is 7. The van der Waals surface area contributed by atoms with Crippen molar-refractivity contribution in [3.05, 3.63) is 71.2 Å². The molecule has 0 spiro atoms. The van der Waals surface area contributed by atoms with Crippen LogP contribution in [-0.4, -0.2) is 40.7 Å². The van der Waals surface area contributed by atoms with Crippen molar-refractivity contribution in [3.8, 4) is 0 Å². The van der Waals surface area contributed by atoms with Gasteiger partial charge < -0.3 is 20.6 Å². The second kappa shape index (κ2) is 8.30. The maximum absolute atomic E-state index is 13.0. The Bertz CT molecular complexity index is 883. The van der Waals surface area contributed by atoms with Gasteiger partial charge in [-0.15, -0.1) is 0 Å². The van der Waals surface area contributed by atoms with Gasteiger partial charge in [0.15, 0.2) is 0 Å². The van der Waals surface area contributed by atoms with Crippen molar-refractivity contribution >= 4 is 11.7 Å². The number of aromatic nitrogens is 1. The molecule has 0 bridgehead atoms. The van der Waals surface area contributed by atoms with Crippen molar-refractivity contribution in [2.45, 2.75) is 12.7 Å². The molecule has 1 aromatic heterocycles. The summed E-state index contributed by atoms with van der Waals surface area (Å²) in [6, 6.07) is 8.41. The Morgan fingerprint density at radius 3 is 2.82 bits per heavy atom. The van der Waals surface area contributed by atoms with Gasteiger partial charge in [-0.05, 0) is 23.8 Å². The van der Waals surface area contributed by atoms with Gasteiger partial charge in [0.05, 0.1) is 29.2 Å². The van der Waals surface area contributed by atoms with Gasteiger partial charge in [0.25, 0.3) is 0 Å². The molecule has 0 unspecified atom stereocenters. The number of pyridine rings is 1. The minimum atomic E-state index is -4.37. The number of carbonyl (C=O) groups is 1. The maximum atomic E-state index is 13.0. The van der Waals surface area contributed by atoms with Crippen LogP contribution in [0, 0.1) is 0 Å². The van der Waals surface area contributed by atoms with Crippen molar-refractivity contribution in [1.29, 1.82) is 0 Å². The molecule has 1 aliphatic rings. The van der Waals surface area contributed by atoms with Crippen LogP contribution >= 0.6 is 0 Å². The number of nitrogens with zero attached hydrogens (tertiary/aromatic N) is 2. The molecular weight excluding hydrogens is 373 g/mol. The Hall–Kier alpha value is -3.07. The summed E-state index contributed by atoms with van der Waals surface area (Å²) < 4.78 is 39.0. The molecule has 0 saturated heterocycles. The van der Waals surface area contributed by atoms with Crippen LogP contribution in [0.5, 0.6) is 0 Å². The van der Waals surface area contributed by atoms with Gasteiger partial charge in [-0.25, -0.2) is 4.79 Å². The van der Waals surface area contributed by atoms with E-state index in [2.05, 4.69) is 15.6 Å². The molecule has 0 atom stereocenters. The largest absolute Gasteiger partial charge is 0.478 e. The van der Waals surface area contributed by atoms with Gasteiger partial charge in [0.1, 0.15) is 0 Å². The van der Waals surface area contributed by atoms with E-state index in [1.54, 1.807) is 6.07 Å². The molecular formula is C19H19F3N4O2. The number of halogens is 3. The third-order valence-corrected chi connectivity index (χ3v) is 4.28. The molecule has 9 heteroatoms. The lowest BCUT2D eigenvalue weighted by molar-refractivity contribution is -0.138. The number of hydrogen-bond acceptors (Lipinski definition) is 5. The first-order valence-electron chi connectivity index (χ1n) is 8.60. The first-order valence-corrected chi connectivity index (χ1v) is 8.60. The molecule has 0 aliphatic carbocycles. The van der Waals surface area contributed by atoms with Gasteiger partial charge in [0, 0.05) is 32.0 Å². The van der Waals surface area contributed by atoms with E-state index in [-0.39, 0.29) is 17.7 Å². The standard InChI is InChI=1S/C19H19F3N4O2/c20-19(21,22)15-4-2-1-3-14(15)10-23-7-8-26-11-17(25-12-26)16-9-13(18(27)28)5-6-24-16/h1-6,9,11,23,25H,7-8,10,12H2,(H,27,28). The fourth-order valence-electron chi connectivity index (χ4n) is 2.87. The quantitative estimate of drug-likeness (QED) is 0.629. The summed E-state index contributed by atoms with van der Waals surface area (Å²) in [5.41, 5.74) is 0.952. The second-order valence-corrected chi connectivity index (χ2v) is 6.26. The van der Waals surface area contributed by atoms with Crippen LogP contribution in [0.3, 0.4) is 0 Å². The van der Waals surface area contributed by atoms with E-state index < -0.39 is 17.7 Å². The average molecular weight is 392 g/mol. The number of alkyl halides is 3. The number of carboxylic acids is 1. The average Bonchev–Trinajstić information content (AvgIpc) is 3.14. The zero-order valence-corrected chi connectivity index (χ0v) is 14.8. The molecule has 28 heavy (non-hydrogen) atoms. The van der Waals surface area contributed by atoms with Crippen LogP contribution in [0.1, 0.15) is 27.2 Å². The molecule has 1 aromatic carbocycles. The van der Waals surface area contributed by atoms with Gasteiger partial charge >= 0.3 is 12.1 Å². The minimum absolute atomic E-state index is 0.121. The van der Waals surface area contributed by atoms with Crippen molar-refractivity contribution < 1.29 is 23.1 Å². The number of carboxylic acid groups (broad SMARTS) is 1. The lowest BCUT2D eigenvalue weighted by Gasteiger charge is -2.16. The summed E-state index contributed by atoms with van der Waals surface area (Å²) in [5.74, 6) is -1.03. The fourth-order valence-corrected chi connectivity index (χ4v) is 2.87. The van der Waals surface area contributed by atoms with E-state index in [9.17, 15) is 18.0 Å². The van der Waals surface area contributed by atoms with Crippen molar-refractivity contribution in [2.75, 3.05) is 19.8 Å². The van der Waals surface area contributed by atoms with E-state index >= 15 is 0 Å². The molecule has 3 N–H and O–H groups in total. The molecule has 1 aliphatic heterocycles. The van der Waals surface area contributed by atoms with Crippen LogP contribution < -0.4 is 10.6 Å². The van der Waals surface area contributed by atoms with Crippen LogP contribution in [0.4, 0.5) is 13.2 Å². The Balaban J connectivity index is 1.53. The minimum Gasteiger partial charge on any atom is -0.478 e. The Kier molecular flexibility index (Phi) is 5.84. The molecule has 6 nitrogen and oxygen atoms in total. The van der Waals surface area contributed by atoms with Gasteiger partial charge in [-0.3, -0.25) is 4.98 Å². The topological polar surface area (TPSA) is 77.5 Å². The number of nitrogens with one attached hydrogen (secondary N) is 2. The van der Waals surface area contributed by atoms with Crippen LogP contribution in [0.15, 0.2) is 48.8 Å². The van der Waals surface area contributed by atoms with E-state index in [1.165, 1.54) is 30.5 Å². The van der Waals surface area contributed by atoms with E-state index in [1.807, 2.05) is 11.1 Å². The summed E-state index contributed by atoms with van der Waals surface area (Å²) in [5, 5.41) is 15.2. The summed E-state index contributed by atoms with van der Waals surface area (Å²) in [4.78, 5) is 17.2. The number of aromatic carboxylic acids is 1. The summed E-state index contributed by atoms with van der Waals surface area (Å²) >= 11 is 0. The third kappa shape index (κ3) is 4.80. The lowest BCUT2D eigenvalue weighted by atomic mass is 10.1. The molecule has 2 heterocycles. The zero-order chi connectivity index (χ0) is 20.1. The van der Waals surface area contributed by atoms with Crippen molar-refractivity contribution in [1.82, 2.24) is 20.5 Å². The van der Waals surface area contributed by atoms with E-state index in [0.29, 0.717) is 31.1 Å². The molecule has 0 radical (unpaired) electrons. The Morgan fingerprint density at radius 2 is 2.07 bits per heavy atom. The fraction of sp³-hybridized carbons (Fsp3) is 0.263.